The summed E-state index contributed by atoms with van der Waals surface area (Å²) < 4.78 is 10.7. The van der Waals surface area contributed by atoms with E-state index in [1.165, 1.54) is 0 Å². The lowest BCUT2D eigenvalue weighted by Gasteiger charge is -2.35. The second-order valence-electron chi connectivity index (χ2n) is 7.77. The summed E-state index contributed by atoms with van der Waals surface area (Å²) >= 11 is 6.12. The Balaban J connectivity index is 1.31. The number of nitrogens with zero attached hydrogens (tertiary/aromatic N) is 2. The maximum absolute atomic E-state index is 12.4. The molecule has 8 heteroatoms. The third-order valence-electron chi connectivity index (χ3n) is 5.77. The average Bonchev–Trinajstić information content (AvgIpc) is 3.16. The molecule has 1 aliphatic rings. The summed E-state index contributed by atoms with van der Waals surface area (Å²) in [5, 5.41) is 3.91. The van der Waals surface area contributed by atoms with E-state index in [4.69, 9.17) is 20.8 Å². The van der Waals surface area contributed by atoms with E-state index in [-0.39, 0.29) is 5.76 Å². The fourth-order valence-electron chi connectivity index (χ4n) is 3.88. The second-order valence-corrected chi connectivity index (χ2v) is 8.17. The van der Waals surface area contributed by atoms with Crippen LogP contribution in [0.4, 0.5) is 11.4 Å². The van der Waals surface area contributed by atoms with Crippen LogP contribution in [0.3, 0.4) is 0 Å². The number of nitrogens with one attached hydrogen (secondary N) is 1. The lowest BCUT2D eigenvalue weighted by Crippen LogP contribution is -2.46. The number of piperazine rings is 1. The zero-order chi connectivity index (χ0) is 22.7. The second kappa shape index (κ2) is 9.63. The molecule has 3 aromatic rings. The SMILES string of the molecule is CCN1CCN(c2ccc(NC(=O)COC(=O)c3oc4c(Cl)cccc4c3C)cc2)CC1. The first-order valence-corrected chi connectivity index (χ1v) is 11.1. The largest absolute Gasteiger partial charge is 0.450 e. The minimum atomic E-state index is -0.702. The number of likely N-dealkylation sites (N-methyl/N-ethyl adjacent to an activating group) is 1. The molecule has 2 aromatic carbocycles. The quantitative estimate of drug-likeness (QED) is 0.557. The van der Waals surface area contributed by atoms with Crippen LogP contribution in [0.2, 0.25) is 5.02 Å². The number of ether oxygens (including phenoxy) is 1. The van der Waals surface area contributed by atoms with E-state index in [0.29, 0.717) is 21.9 Å². The van der Waals surface area contributed by atoms with E-state index in [0.717, 1.165) is 43.8 Å². The van der Waals surface area contributed by atoms with Crippen LogP contribution in [-0.4, -0.2) is 56.1 Å². The first-order chi connectivity index (χ1) is 15.5. The molecular weight excluding hydrogens is 430 g/mol. The number of rotatable bonds is 6. The highest BCUT2D eigenvalue weighted by Gasteiger charge is 2.21. The van der Waals surface area contributed by atoms with Gasteiger partial charge in [0.05, 0.1) is 5.02 Å². The molecule has 0 saturated carbocycles. The van der Waals surface area contributed by atoms with Crippen molar-refractivity contribution in [1.82, 2.24) is 4.90 Å². The number of para-hydroxylation sites is 1. The monoisotopic (exact) mass is 455 g/mol. The first-order valence-electron chi connectivity index (χ1n) is 10.7. The standard InChI is InChI=1S/C24H26ClN3O4/c1-3-27-11-13-28(14-12-27)18-9-7-17(8-10-18)26-21(29)15-31-24(30)22-16(2)19-5-4-6-20(25)23(19)32-22/h4-10H,3,11-15H2,1-2H3,(H,26,29). The van der Waals surface area contributed by atoms with Crippen LogP contribution in [0.15, 0.2) is 46.9 Å². The summed E-state index contributed by atoms with van der Waals surface area (Å²) in [6.07, 6.45) is 0. The maximum atomic E-state index is 12.4. The number of hydrogen-bond donors (Lipinski definition) is 1. The molecular formula is C24H26ClN3O4. The Morgan fingerprint density at radius 3 is 2.47 bits per heavy atom. The van der Waals surface area contributed by atoms with Crippen molar-refractivity contribution in [3.63, 3.8) is 0 Å². The van der Waals surface area contributed by atoms with Crippen LogP contribution >= 0.6 is 11.6 Å². The Morgan fingerprint density at radius 2 is 1.81 bits per heavy atom. The summed E-state index contributed by atoms with van der Waals surface area (Å²) in [6, 6.07) is 13.0. The number of anilines is 2. The molecule has 2 heterocycles. The fourth-order valence-corrected chi connectivity index (χ4v) is 4.09. The van der Waals surface area contributed by atoms with E-state index in [2.05, 4.69) is 22.0 Å². The fraction of sp³-hybridized carbons (Fsp3) is 0.333. The molecule has 1 amide bonds. The third kappa shape index (κ3) is 4.74. The van der Waals surface area contributed by atoms with Gasteiger partial charge in [0, 0.05) is 48.5 Å². The van der Waals surface area contributed by atoms with Crippen LogP contribution < -0.4 is 10.2 Å². The highest BCUT2D eigenvalue weighted by atomic mass is 35.5. The Kier molecular flexibility index (Phi) is 6.67. The van der Waals surface area contributed by atoms with Gasteiger partial charge in [0.2, 0.25) is 5.76 Å². The third-order valence-corrected chi connectivity index (χ3v) is 6.07. The van der Waals surface area contributed by atoms with Crippen molar-refractivity contribution >= 4 is 45.8 Å². The molecule has 0 atom stereocenters. The van der Waals surface area contributed by atoms with Gasteiger partial charge in [-0.1, -0.05) is 30.7 Å². The number of amides is 1. The van der Waals surface area contributed by atoms with Crippen molar-refractivity contribution in [2.24, 2.45) is 0 Å². The normalized spacial score (nSPS) is 14.5. The molecule has 1 aromatic heterocycles. The molecule has 32 heavy (non-hydrogen) atoms. The molecule has 1 fully saturated rings. The van der Waals surface area contributed by atoms with Crippen LogP contribution in [-0.2, 0) is 9.53 Å². The number of carbonyl (C=O) groups excluding carboxylic acids is 2. The lowest BCUT2D eigenvalue weighted by molar-refractivity contribution is -0.119. The molecule has 1 N–H and O–H groups in total. The van der Waals surface area contributed by atoms with Crippen molar-refractivity contribution in [1.29, 1.82) is 0 Å². The van der Waals surface area contributed by atoms with Crippen LogP contribution in [0.5, 0.6) is 0 Å². The van der Waals surface area contributed by atoms with Gasteiger partial charge in [-0.05, 0) is 43.8 Å². The van der Waals surface area contributed by atoms with E-state index in [9.17, 15) is 9.59 Å². The number of carbonyl (C=O) groups is 2. The minimum absolute atomic E-state index is 0.0495. The summed E-state index contributed by atoms with van der Waals surface area (Å²) in [5.41, 5.74) is 2.83. The Morgan fingerprint density at radius 1 is 1.09 bits per heavy atom. The van der Waals surface area contributed by atoms with Gasteiger partial charge in [0.1, 0.15) is 0 Å². The molecule has 0 radical (unpaired) electrons. The van der Waals surface area contributed by atoms with Gasteiger partial charge in [0.15, 0.2) is 12.2 Å². The number of benzene rings is 2. The Labute approximate surface area is 191 Å². The molecule has 1 saturated heterocycles. The topological polar surface area (TPSA) is 75.0 Å². The number of halogens is 1. The van der Waals surface area contributed by atoms with Crippen LogP contribution in [0.25, 0.3) is 11.0 Å². The molecule has 0 unspecified atom stereocenters. The molecule has 0 spiro atoms. The van der Waals surface area contributed by atoms with Crippen molar-refractivity contribution in [3.05, 3.63) is 58.8 Å². The number of fused-ring (bicyclic) bond motifs is 1. The number of aryl methyl sites for hydroxylation is 1. The summed E-state index contributed by atoms with van der Waals surface area (Å²) in [7, 11) is 0. The van der Waals surface area contributed by atoms with E-state index in [1.807, 2.05) is 30.3 Å². The molecule has 1 aliphatic heterocycles. The van der Waals surface area contributed by atoms with Crippen molar-refractivity contribution < 1.29 is 18.7 Å². The van der Waals surface area contributed by atoms with Crippen molar-refractivity contribution in [2.75, 3.05) is 49.5 Å². The highest BCUT2D eigenvalue weighted by molar-refractivity contribution is 6.35. The minimum Gasteiger partial charge on any atom is -0.450 e. The molecule has 4 rings (SSSR count). The van der Waals surface area contributed by atoms with E-state index in [1.54, 1.807) is 19.1 Å². The lowest BCUT2D eigenvalue weighted by atomic mass is 10.1. The van der Waals surface area contributed by atoms with Crippen molar-refractivity contribution in [3.8, 4) is 0 Å². The molecule has 0 bridgehead atoms. The Bertz CT molecular complexity index is 1120. The average molecular weight is 456 g/mol. The molecule has 7 nitrogen and oxygen atoms in total. The number of hydrogen-bond acceptors (Lipinski definition) is 6. The number of furan rings is 1. The maximum Gasteiger partial charge on any atom is 0.375 e. The van der Waals surface area contributed by atoms with Gasteiger partial charge in [-0.15, -0.1) is 0 Å². The van der Waals surface area contributed by atoms with Crippen LogP contribution in [0, 0.1) is 6.92 Å². The summed E-state index contributed by atoms with van der Waals surface area (Å²) in [4.78, 5) is 29.4. The van der Waals surface area contributed by atoms with Gasteiger partial charge in [-0.2, -0.15) is 0 Å². The first kappa shape index (κ1) is 22.2. The molecule has 0 aliphatic carbocycles. The van der Waals surface area contributed by atoms with Gasteiger partial charge >= 0.3 is 5.97 Å². The highest BCUT2D eigenvalue weighted by Crippen LogP contribution is 2.31. The summed E-state index contributed by atoms with van der Waals surface area (Å²) in [6.45, 7) is 8.68. The number of esters is 1. The van der Waals surface area contributed by atoms with Crippen molar-refractivity contribution in [2.45, 2.75) is 13.8 Å². The van der Waals surface area contributed by atoms with Crippen LogP contribution in [0.1, 0.15) is 23.0 Å². The summed E-state index contributed by atoms with van der Waals surface area (Å²) in [5.74, 6) is -1.07. The smallest absolute Gasteiger partial charge is 0.375 e. The predicted molar refractivity (Wildman–Crippen MR) is 126 cm³/mol. The zero-order valence-corrected chi connectivity index (χ0v) is 18.9. The predicted octanol–water partition coefficient (Wildman–Crippen LogP) is 4.33. The molecule has 168 valence electrons. The van der Waals surface area contributed by atoms with E-state index >= 15 is 0 Å². The van der Waals surface area contributed by atoms with Gasteiger partial charge in [-0.3, -0.25) is 4.79 Å². The van der Waals surface area contributed by atoms with Gasteiger partial charge < -0.3 is 24.3 Å². The van der Waals surface area contributed by atoms with Gasteiger partial charge in [0.25, 0.3) is 5.91 Å². The van der Waals surface area contributed by atoms with Gasteiger partial charge in [-0.25, -0.2) is 4.79 Å². The Hall–Kier alpha value is -3.03. The van der Waals surface area contributed by atoms with E-state index < -0.39 is 18.5 Å². The zero-order valence-electron chi connectivity index (χ0n) is 18.2.